The van der Waals surface area contributed by atoms with E-state index in [0.29, 0.717) is 5.65 Å². The average Bonchev–Trinajstić information content (AvgIpc) is 2.87. The highest BCUT2D eigenvalue weighted by molar-refractivity contribution is 5.44. The van der Waals surface area contributed by atoms with Crippen LogP contribution in [0.25, 0.3) is 5.65 Å². The molecule has 0 amide bonds. The highest BCUT2D eigenvalue weighted by Gasteiger charge is 2.19. The molecule has 0 aliphatic carbocycles. The van der Waals surface area contributed by atoms with E-state index in [2.05, 4.69) is 25.5 Å². The molecule has 0 unspecified atom stereocenters. The minimum absolute atomic E-state index is 0.678. The molecule has 3 heterocycles. The lowest BCUT2D eigenvalue weighted by atomic mass is 9.94. The van der Waals surface area contributed by atoms with Crippen LogP contribution in [-0.4, -0.2) is 44.9 Å². The van der Waals surface area contributed by atoms with Crippen molar-refractivity contribution < 1.29 is 0 Å². The third-order valence-corrected chi connectivity index (χ3v) is 3.57. The Hall–Kier alpha value is -1.76. The molecule has 3 rings (SSSR count). The zero-order valence-corrected chi connectivity index (χ0v) is 10.2. The van der Waals surface area contributed by atoms with E-state index in [1.54, 1.807) is 0 Å². The van der Waals surface area contributed by atoms with Gasteiger partial charge in [-0.2, -0.15) is 0 Å². The molecular formula is C11H17N7. The Morgan fingerprint density at radius 2 is 2.11 bits per heavy atom. The van der Waals surface area contributed by atoms with Crippen molar-refractivity contribution in [3.63, 3.8) is 0 Å². The first-order valence-corrected chi connectivity index (χ1v) is 6.37. The van der Waals surface area contributed by atoms with E-state index in [9.17, 15) is 0 Å². The fourth-order valence-electron chi connectivity index (χ4n) is 2.50. The predicted octanol–water partition coefficient (Wildman–Crippen LogP) is 0.0845. The fourth-order valence-corrected chi connectivity index (χ4v) is 2.50. The first-order chi connectivity index (χ1) is 8.86. The number of piperidine rings is 1. The number of hydrogen-bond donors (Lipinski definition) is 1. The quantitative estimate of drug-likeness (QED) is 0.827. The van der Waals surface area contributed by atoms with Gasteiger partial charge in [0.2, 0.25) is 0 Å². The van der Waals surface area contributed by atoms with Gasteiger partial charge in [0.05, 0.1) is 0 Å². The minimum atomic E-state index is 0.678. The van der Waals surface area contributed by atoms with E-state index < -0.39 is 0 Å². The molecule has 7 heteroatoms. The number of rotatable bonds is 3. The number of nitrogens with zero attached hydrogens (tertiary/aromatic N) is 6. The summed E-state index contributed by atoms with van der Waals surface area (Å²) < 4.78 is 1.47. The van der Waals surface area contributed by atoms with Gasteiger partial charge >= 0.3 is 0 Å². The van der Waals surface area contributed by atoms with Gasteiger partial charge in [-0.3, -0.25) is 0 Å². The van der Waals surface area contributed by atoms with Crippen LogP contribution in [-0.2, 0) is 0 Å². The van der Waals surface area contributed by atoms with Crippen LogP contribution in [0.15, 0.2) is 12.1 Å². The van der Waals surface area contributed by atoms with Crippen molar-refractivity contribution in [2.75, 3.05) is 24.5 Å². The van der Waals surface area contributed by atoms with E-state index in [1.807, 2.05) is 12.1 Å². The van der Waals surface area contributed by atoms with Gasteiger partial charge in [0, 0.05) is 13.1 Å². The summed E-state index contributed by atoms with van der Waals surface area (Å²) >= 11 is 0. The molecule has 1 aliphatic heterocycles. The van der Waals surface area contributed by atoms with Crippen LogP contribution in [0.1, 0.15) is 19.3 Å². The molecule has 2 aromatic heterocycles. The van der Waals surface area contributed by atoms with Crippen LogP contribution in [0.5, 0.6) is 0 Å². The van der Waals surface area contributed by atoms with Gasteiger partial charge in [0.1, 0.15) is 0 Å². The predicted molar refractivity (Wildman–Crippen MR) is 67.2 cm³/mol. The van der Waals surface area contributed by atoms with Gasteiger partial charge < -0.3 is 10.6 Å². The van der Waals surface area contributed by atoms with Crippen molar-refractivity contribution in [2.24, 2.45) is 11.7 Å². The Labute approximate surface area is 105 Å². The van der Waals surface area contributed by atoms with Crippen LogP contribution in [0, 0.1) is 5.92 Å². The maximum atomic E-state index is 5.60. The maximum Gasteiger partial charge on any atom is 0.200 e. The number of nitrogens with two attached hydrogens (primary N) is 1. The molecule has 1 fully saturated rings. The molecule has 0 spiro atoms. The summed E-state index contributed by atoms with van der Waals surface area (Å²) in [4.78, 5) is 2.29. The van der Waals surface area contributed by atoms with Crippen molar-refractivity contribution in [3.05, 3.63) is 12.1 Å². The third kappa shape index (κ3) is 2.13. The molecule has 1 saturated heterocycles. The molecule has 0 atom stereocenters. The molecular weight excluding hydrogens is 230 g/mol. The van der Waals surface area contributed by atoms with Gasteiger partial charge in [-0.15, -0.1) is 14.8 Å². The first kappa shape index (κ1) is 11.3. The monoisotopic (exact) mass is 247 g/mol. The Morgan fingerprint density at radius 1 is 1.28 bits per heavy atom. The second-order valence-corrected chi connectivity index (χ2v) is 4.73. The summed E-state index contributed by atoms with van der Waals surface area (Å²) in [6, 6.07) is 3.88. The summed E-state index contributed by atoms with van der Waals surface area (Å²) in [6.45, 7) is 2.86. The smallest absolute Gasteiger partial charge is 0.200 e. The van der Waals surface area contributed by atoms with Gasteiger partial charge in [0.15, 0.2) is 11.5 Å². The van der Waals surface area contributed by atoms with E-state index >= 15 is 0 Å². The highest BCUT2D eigenvalue weighted by Crippen LogP contribution is 2.23. The van der Waals surface area contributed by atoms with Crippen LogP contribution in [0.4, 0.5) is 5.82 Å². The Bertz CT molecular complexity index is 515. The summed E-state index contributed by atoms with van der Waals surface area (Å²) in [7, 11) is 0. The molecule has 0 radical (unpaired) electrons. The lowest BCUT2D eigenvalue weighted by Gasteiger charge is -2.32. The van der Waals surface area contributed by atoms with Crippen LogP contribution < -0.4 is 10.6 Å². The van der Waals surface area contributed by atoms with Gasteiger partial charge in [-0.1, -0.05) is 0 Å². The zero-order valence-electron chi connectivity index (χ0n) is 10.2. The number of anilines is 1. The standard InChI is InChI=1S/C11H17N7/c12-6-3-9-4-7-17(8-5-9)11-2-1-10-13-15-16-18(10)14-11/h1-2,9H,3-8,12H2. The molecule has 0 bridgehead atoms. The summed E-state index contributed by atoms with van der Waals surface area (Å²) in [5, 5.41) is 15.7. The maximum absolute atomic E-state index is 5.60. The molecule has 96 valence electrons. The number of hydrogen-bond acceptors (Lipinski definition) is 6. The van der Waals surface area contributed by atoms with E-state index in [4.69, 9.17) is 5.73 Å². The van der Waals surface area contributed by atoms with E-state index in [1.165, 1.54) is 17.5 Å². The number of tetrazole rings is 1. The van der Waals surface area contributed by atoms with Crippen LogP contribution in [0.2, 0.25) is 0 Å². The summed E-state index contributed by atoms with van der Waals surface area (Å²) in [5.41, 5.74) is 6.28. The van der Waals surface area contributed by atoms with E-state index in [0.717, 1.165) is 37.8 Å². The molecule has 2 aromatic rings. The highest BCUT2D eigenvalue weighted by atomic mass is 15.6. The summed E-state index contributed by atoms with van der Waals surface area (Å²) in [6.07, 6.45) is 3.51. The Kier molecular flexibility index (Phi) is 3.06. The van der Waals surface area contributed by atoms with Crippen molar-refractivity contribution >= 4 is 11.5 Å². The van der Waals surface area contributed by atoms with E-state index in [-0.39, 0.29) is 0 Å². The lowest BCUT2D eigenvalue weighted by Crippen LogP contribution is -2.35. The second kappa shape index (κ2) is 4.85. The second-order valence-electron chi connectivity index (χ2n) is 4.73. The average molecular weight is 247 g/mol. The molecule has 2 N–H and O–H groups in total. The molecule has 0 saturated carbocycles. The summed E-state index contributed by atoms with van der Waals surface area (Å²) in [5.74, 6) is 1.71. The molecule has 0 aromatic carbocycles. The lowest BCUT2D eigenvalue weighted by molar-refractivity contribution is 0.384. The van der Waals surface area contributed by atoms with Crippen molar-refractivity contribution in [3.8, 4) is 0 Å². The number of aromatic nitrogens is 5. The van der Waals surface area contributed by atoms with Crippen molar-refractivity contribution in [1.82, 2.24) is 25.3 Å². The Balaban J connectivity index is 1.71. The van der Waals surface area contributed by atoms with Gasteiger partial charge in [-0.25, -0.2) is 0 Å². The number of fused-ring (bicyclic) bond motifs is 1. The normalized spacial score (nSPS) is 17.5. The molecule has 18 heavy (non-hydrogen) atoms. The SMILES string of the molecule is NCCC1CCN(c2ccc3nnnn3n2)CC1. The molecule has 1 aliphatic rings. The molecule has 7 nitrogen and oxygen atoms in total. The zero-order chi connectivity index (χ0) is 12.4. The van der Waals surface area contributed by atoms with Crippen molar-refractivity contribution in [2.45, 2.75) is 19.3 Å². The first-order valence-electron chi connectivity index (χ1n) is 6.37. The minimum Gasteiger partial charge on any atom is -0.355 e. The topological polar surface area (TPSA) is 85.2 Å². The van der Waals surface area contributed by atoms with Crippen molar-refractivity contribution in [1.29, 1.82) is 0 Å². The van der Waals surface area contributed by atoms with Gasteiger partial charge in [0.25, 0.3) is 0 Å². The third-order valence-electron chi connectivity index (χ3n) is 3.57. The van der Waals surface area contributed by atoms with Gasteiger partial charge in [-0.05, 0) is 54.3 Å². The van der Waals surface area contributed by atoms with Crippen LogP contribution in [0.3, 0.4) is 0 Å². The van der Waals surface area contributed by atoms with Crippen LogP contribution >= 0.6 is 0 Å². The fraction of sp³-hybridized carbons (Fsp3) is 0.636. The Morgan fingerprint density at radius 3 is 2.89 bits per heavy atom. The largest absolute Gasteiger partial charge is 0.355 e.